The van der Waals surface area contributed by atoms with Crippen LogP contribution in [0.15, 0.2) is 24.4 Å². The summed E-state index contributed by atoms with van der Waals surface area (Å²) in [6.45, 7) is 0. The van der Waals surface area contributed by atoms with Crippen molar-refractivity contribution in [1.29, 1.82) is 0 Å². The quantitative estimate of drug-likeness (QED) is 0.594. The molecule has 2 rings (SSSR count). The van der Waals surface area contributed by atoms with Crippen LogP contribution < -0.4 is 0 Å². The highest BCUT2D eigenvalue weighted by Crippen LogP contribution is 2.26. The lowest BCUT2D eigenvalue weighted by Crippen LogP contribution is -1.87. The van der Waals surface area contributed by atoms with E-state index in [4.69, 9.17) is 11.6 Å². The summed E-state index contributed by atoms with van der Waals surface area (Å²) in [7, 11) is 0. The zero-order valence-corrected chi connectivity index (χ0v) is 7.15. The maximum atomic E-state index is 13.1. The standard InChI is InChI=1S/C9H4ClF2N/c10-8-7(12)4-6(11)5-2-1-3-13-9(5)8/h1-4H. The third kappa shape index (κ3) is 1.25. The molecule has 1 aromatic carbocycles. The number of halogens is 3. The summed E-state index contributed by atoms with van der Waals surface area (Å²) in [4.78, 5) is 3.79. The van der Waals surface area contributed by atoms with Gasteiger partial charge in [-0.05, 0) is 12.1 Å². The molecule has 0 aliphatic rings. The van der Waals surface area contributed by atoms with Gasteiger partial charge in [0.2, 0.25) is 0 Å². The van der Waals surface area contributed by atoms with E-state index in [0.717, 1.165) is 6.07 Å². The minimum atomic E-state index is -0.787. The summed E-state index contributed by atoms with van der Waals surface area (Å²) >= 11 is 5.59. The van der Waals surface area contributed by atoms with Crippen LogP contribution >= 0.6 is 11.6 Å². The third-order valence-corrected chi connectivity index (χ3v) is 2.10. The number of rotatable bonds is 0. The molecule has 0 spiro atoms. The van der Waals surface area contributed by atoms with Gasteiger partial charge in [-0.2, -0.15) is 0 Å². The molecule has 0 fully saturated rings. The van der Waals surface area contributed by atoms with Gasteiger partial charge in [-0.1, -0.05) is 11.6 Å². The van der Waals surface area contributed by atoms with E-state index in [2.05, 4.69) is 4.98 Å². The van der Waals surface area contributed by atoms with Gasteiger partial charge in [0.05, 0.1) is 5.52 Å². The van der Waals surface area contributed by atoms with Crippen LogP contribution in [0.3, 0.4) is 0 Å². The molecule has 1 aromatic heterocycles. The number of hydrogen-bond acceptors (Lipinski definition) is 1. The number of benzene rings is 1. The Morgan fingerprint density at radius 2 is 2.00 bits per heavy atom. The van der Waals surface area contributed by atoms with Crippen LogP contribution in [0.25, 0.3) is 10.9 Å². The van der Waals surface area contributed by atoms with Crippen LogP contribution in [0.4, 0.5) is 8.78 Å². The van der Waals surface area contributed by atoms with Gasteiger partial charge < -0.3 is 0 Å². The number of fused-ring (bicyclic) bond motifs is 1. The van der Waals surface area contributed by atoms with Crippen LogP contribution in [-0.4, -0.2) is 4.98 Å². The van der Waals surface area contributed by atoms with Crippen molar-refractivity contribution in [1.82, 2.24) is 4.98 Å². The maximum Gasteiger partial charge on any atom is 0.146 e. The zero-order chi connectivity index (χ0) is 9.42. The minimum absolute atomic E-state index is 0.142. The Labute approximate surface area is 78.0 Å². The second kappa shape index (κ2) is 2.92. The molecule has 1 heterocycles. The van der Waals surface area contributed by atoms with Crippen molar-refractivity contribution < 1.29 is 8.78 Å². The van der Waals surface area contributed by atoms with Gasteiger partial charge in [0.15, 0.2) is 0 Å². The highest BCUT2D eigenvalue weighted by Gasteiger charge is 2.10. The van der Waals surface area contributed by atoms with E-state index >= 15 is 0 Å². The largest absolute Gasteiger partial charge is 0.254 e. The Morgan fingerprint density at radius 1 is 1.23 bits per heavy atom. The molecule has 2 aromatic rings. The molecule has 0 N–H and O–H groups in total. The summed E-state index contributed by atoms with van der Waals surface area (Å²) in [5.74, 6) is -1.43. The van der Waals surface area contributed by atoms with E-state index in [1.54, 1.807) is 6.07 Å². The fraction of sp³-hybridized carbons (Fsp3) is 0. The van der Waals surface area contributed by atoms with Crippen LogP contribution in [-0.2, 0) is 0 Å². The van der Waals surface area contributed by atoms with Gasteiger partial charge in [0, 0.05) is 17.6 Å². The summed E-state index contributed by atoms with van der Waals surface area (Å²) in [5.41, 5.74) is 0.154. The first-order chi connectivity index (χ1) is 6.20. The summed E-state index contributed by atoms with van der Waals surface area (Å²) in [6, 6.07) is 3.83. The lowest BCUT2D eigenvalue weighted by molar-refractivity contribution is 0.592. The number of aromatic nitrogens is 1. The summed E-state index contributed by atoms with van der Waals surface area (Å²) < 4.78 is 26.0. The molecule has 66 valence electrons. The van der Waals surface area contributed by atoms with E-state index in [-0.39, 0.29) is 15.9 Å². The van der Waals surface area contributed by atoms with Crippen LogP contribution in [0, 0.1) is 11.6 Å². The zero-order valence-electron chi connectivity index (χ0n) is 6.39. The van der Waals surface area contributed by atoms with Gasteiger partial charge in [0.25, 0.3) is 0 Å². The van der Waals surface area contributed by atoms with Gasteiger partial charge in [-0.15, -0.1) is 0 Å². The molecule has 0 saturated carbocycles. The molecule has 4 heteroatoms. The molecule has 0 unspecified atom stereocenters. The fourth-order valence-corrected chi connectivity index (χ4v) is 1.34. The molecule has 13 heavy (non-hydrogen) atoms. The fourth-order valence-electron chi connectivity index (χ4n) is 1.14. The maximum absolute atomic E-state index is 13.1. The van der Waals surface area contributed by atoms with Crippen LogP contribution in [0.1, 0.15) is 0 Å². The average molecular weight is 200 g/mol. The first-order valence-electron chi connectivity index (χ1n) is 3.58. The first-order valence-corrected chi connectivity index (χ1v) is 3.96. The Kier molecular flexibility index (Phi) is 1.88. The number of hydrogen-bond donors (Lipinski definition) is 0. The number of pyridine rings is 1. The van der Waals surface area contributed by atoms with E-state index in [0.29, 0.717) is 0 Å². The van der Waals surface area contributed by atoms with E-state index < -0.39 is 11.6 Å². The van der Waals surface area contributed by atoms with Crippen molar-refractivity contribution >= 4 is 22.5 Å². The van der Waals surface area contributed by atoms with Crippen molar-refractivity contribution in [3.05, 3.63) is 41.1 Å². The summed E-state index contributed by atoms with van der Waals surface area (Å²) in [5, 5.41) is 0.0888. The summed E-state index contributed by atoms with van der Waals surface area (Å²) in [6.07, 6.45) is 1.44. The lowest BCUT2D eigenvalue weighted by Gasteiger charge is -2.01. The van der Waals surface area contributed by atoms with Crippen LogP contribution in [0.5, 0.6) is 0 Å². The Balaban J connectivity index is 2.97. The predicted octanol–water partition coefficient (Wildman–Crippen LogP) is 3.17. The third-order valence-electron chi connectivity index (χ3n) is 1.74. The molecular formula is C9H4ClF2N. The molecule has 0 amide bonds. The van der Waals surface area contributed by atoms with E-state index in [1.807, 2.05) is 0 Å². The van der Waals surface area contributed by atoms with E-state index in [1.165, 1.54) is 12.3 Å². The Morgan fingerprint density at radius 3 is 2.77 bits per heavy atom. The van der Waals surface area contributed by atoms with Crippen molar-refractivity contribution in [3.8, 4) is 0 Å². The Bertz CT molecular complexity index is 470. The molecule has 1 nitrogen and oxygen atoms in total. The SMILES string of the molecule is Fc1cc(F)c2cccnc2c1Cl. The second-order valence-corrected chi connectivity index (χ2v) is 2.93. The molecular weight excluding hydrogens is 196 g/mol. The molecule has 0 saturated heterocycles. The normalized spacial score (nSPS) is 10.7. The topological polar surface area (TPSA) is 12.9 Å². The van der Waals surface area contributed by atoms with Gasteiger partial charge >= 0.3 is 0 Å². The molecule has 0 atom stereocenters. The molecule has 0 radical (unpaired) electrons. The smallest absolute Gasteiger partial charge is 0.146 e. The first kappa shape index (κ1) is 8.38. The average Bonchev–Trinajstić information content (AvgIpc) is 2.15. The van der Waals surface area contributed by atoms with Crippen molar-refractivity contribution in [2.45, 2.75) is 0 Å². The molecule has 0 aliphatic carbocycles. The van der Waals surface area contributed by atoms with Crippen LogP contribution in [0.2, 0.25) is 5.02 Å². The molecule has 0 bridgehead atoms. The highest BCUT2D eigenvalue weighted by molar-refractivity contribution is 6.35. The Hall–Kier alpha value is -1.22. The second-order valence-electron chi connectivity index (χ2n) is 2.55. The van der Waals surface area contributed by atoms with Crippen molar-refractivity contribution in [3.63, 3.8) is 0 Å². The van der Waals surface area contributed by atoms with Gasteiger partial charge in [0.1, 0.15) is 16.7 Å². The van der Waals surface area contributed by atoms with Crippen molar-refractivity contribution in [2.75, 3.05) is 0 Å². The van der Waals surface area contributed by atoms with Gasteiger partial charge in [-0.25, -0.2) is 8.78 Å². The molecule has 0 aliphatic heterocycles. The minimum Gasteiger partial charge on any atom is -0.254 e. The van der Waals surface area contributed by atoms with Crippen molar-refractivity contribution in [2.24, 2.45) is 0 Å². The van der Waals surface area contributed by atoms with Gasteiger partial charge in [-0.3, -0.25) is 4.98 Å². The monoisotopic (exact) mass is 199 g/mol. The lowest BCUT2D eigenvalue weighted by atomic mass is 10.2. The number of nitrogens with zero attached hydrogens (tertiary/aromatic N) is 1. The predicted molar refractivity (Wildman–Crippen MR) is 46.7 cm³/mol. The highest BCUT2D eigenvalue weighted by atomic mass is 35.5. The van der Waals surface area contributed by atoms with E-state index in [9.17, 15) is 8.78 Å².